The van der Waals surface area contributed by atoms with E-state index in [9.17, 15) is 9.59 Å². The molecule has 1 rings (SSSR count). The van der Waals surface area contributed by atoms with Crippen molar-refractivity contribution < 1.29 is 9.59 Å². The molecule has 98 valence electrons. The Balaban J connectivity index is 2.29. The number of nitrogens with one attached hydrogen (secondary N) is 2. The topological polar surface area (TPSA) is 84.2 Å². The van der Waals surface area contributed by atoms with E-state index in [0.29, 0.717) is 11.4 Å². The van der Waals surface area contributed by atoms with Crippen molar-refractivity contribution >= 4 is 23.4 Å². The average Bonchev–Trinajstić information content (AvgIpc) is 2.36. The molecule has 0 aromatic heterocycles. The van der Waals surface area contributed by atoms with E-state index in [2.05, 4.69) is 10.9 Å². The molecule has 0 bridgehead atoms. The standard InChI is InChI=1S/C12H16ClN3O2/c13-10-4-2-1-3-9(10)5-6-11(17)15-16-12(18)7-8-14/h1-4H,5-8,14H2,(H,15,17)(H,16,18). The number of hydrogen-bond acceptors (Lipinski definition) is 3. The zero-order valence-electron chi connectivity index (χ0n) is 9.91. The number of aryl methyl sites for hydroxylation is 1. The van der Waals surface area contributed by atoms with Gasteiger partial charge in [0.1, 0.15) is 0 Å². The summed E-state index contributed by atoms with van der Waals surface area (Å²) in [5.41, 5.74) is 10.7. The van der Waals surface area contributed by atoms with Gasteiger partial charge in [0, 0.05) is 24.4 Å². The Hall–Kier alpha value is -1.59. The molecule has 0 saturated carbocycles. The van der Waals surface area contributed by atoms with Crippen molar-refractivity contribution in [1.82, 2.24) is 10.9 Å². The summed E-state index contributed by atoms with van der Waals surface area (Å²) in [7, 11) is 0. The predicted octanol–water partition coefficient (Wildman–Crippen LogP) is 0.769. The van der Waals surface area contributed by atoms with Gasteiger partial charge in [-0.05, 0) is 18.1 Å². The molecule has 0 fully saturated rings. The lowest BCUT2D eigenvalue weighted by Crippen LogP contribution is -2.42. The highest BCUT2D eigenvalue weighted by molar-refractivity contribution is 6.31. The highest BCUT2D eigenvalue weighted by Crippen LogP contribution is 2.16. The van der Waals surface area contributed by atoms with E-state index >= 15 is 0 Å². The van der Waals surface area contributed by atoms with E-state index in [4.69, 9.17) is 17.3 Å². The van der Waals surface area contributed by atoms with Gasteiger partial charge < -0.3 is 5.73 Å². The van der Waals surface area contributed by atoms with Gasteiger partial charge in [0.15, 0.2) is 0 Å². The van der Waals surface area contributed by atoms with Crippen molar-refractivity contribution in [2.24, 2.45) is 5.73 Å². The molecule has 0 aliphatic heterocycles. The van der Waals surface area contributed by atoms with E-state index < -0.39 is 0 Å². The molecule has 0 unspecified atom stereocenters. The summed E-state index contributed by atoms with van der Waals surface area (Å²) >= 11 is 5.96. The molecule has 0 saturated heterocycles. The van der Waals surface area contributed by atoms with Gasteiger partial charge in [-0.2, -0.15) is 0 Å². The molecular formula is C12H16ClN3O2. The maximum absolute atomic E-state index is 11.4. The second kappa shape index (κ2) is 7.68. The zero-order valence-corrected chi connectivity index (χ0v) is 10.7. The lowest BCUT2D eigenvalue weighted by molar-refractivity contribution is -0.128. The van der Waals surface area contributed by atoms with Gasteiger partial charge in [0.2, 0.25) is 11.8 Å². The minimum Gasteiger partial charge on any atom is -0.330 e. The third-order valence-electron chi connectivity index (χ3n) is 2.29. The number of hydrazine groups is 1. The van der Waals surface area contributed by atoms with Crippen LogP contribution in [-0.4, -0.2) is 18.4 Å². The van der Waals surface area contributed by atoms with E-state index in [1.54, 1.807) is 6.07 Å². The Labute approximate surface area is 111 Å². The van der Waals surface area contributed by atoms with Gasteiger partial charge in [-0.15, -0.1) is 0 Å². The summed E-state index contributed by atoms with van der Waals surface area (Å²) in [5.74, 6) is -0.566. The third kappa shape index (κ3) is 5.16. The first kappa shape index (κ1) is 14.5. The predicted molar refractivity (Wildman–Crippen MR) is 69.7 cm³/mol. The van der Waals surface area contributed by atoms with Crippen molar-refractivity contribution in [2.45, 2.75) is 19.3 Å². The second-order valence-corrected chi connectivity index (χ2v) is 4.13. The number of benzene rings is 1. The molecular weight excluding hydrogens is 254 g/mol. The molecule has 18 heavy (non-hydrogen) atoms. The number of hydrogen-bond donors (Lipinski definition) is 3. The summed E-state index contributed by atoms with van der Waals surface area (Å²) in [6.07, 6.45) is 0.968. The quantitative estimate of drug-likeness (QED) is 0.691. The van der Waals surface area contributed by atoms with Crippen LogP contribution >= 0.6 is 11.6 Å². The van der Waals surface area contributed by atoms with Crippen LogP contribution in [-0.2, 0) is 16.0 Å². The van der Waals surface area contributed by atoms with Crippen LogP contribution in [0.1, 0.15) is 18.4 Å². The maximum Gasteiger partial charge on any atom is 0.239 e. The lowest BCUT2D eigenvalue weighted by atomic mass is 10.1. The van der Waals surface area contributed by atoms with Gasteiger partial charge in [-0.25, -0.2) is 0 Å². The van der Waals surface area contributed by atoms with Crippen LogP contribution in [0.5, 0.6) is 0 Å². The third-order valence-corrected chi connectivity index (χ3v) is 2.66. The highest BCUT2D eigenvalue weighted by Gasteiger charge is 2.06. The van der Waals surface area contributed by atoms with Crippen LogP contribution in [0.4, 0.5) is 0 Å². The number of carbonyl (C=O) groups excluding carboxylic acids is 2. The summed E-state index contributed by atoms with van der Waals surface area (Å²) in [4.78, 5) is 22.5. The van der Waals surface area contributed by atoms with Gasteiger partial charge in [-0.3, -0.25) is 20.4 Å². The van der Waals surface area contributed by atoms with Crippen LogP contribution in [0.15, 0.2) is 24.3 Å². The van der Waals surface area contributed by atoms with Crippen molar-refractivity contribution in [3.05, 3.63) is 34.9 Å². The van der Waals surface area contributed by atoms with Gasteiger partial charge >= 0.3 is 0 Å². The summed E-state index contributed by atoms with van der Waals surface area (Å²) in [5, 5.41) is 0.637. The van der Waals surface area contributed by atoms with Crippen molar-refractivity contribution in [3.8, 4) is 0 Å². The molecule has 0 spiro atoms. The minimum atomic E-state index is -0.302. The fourth-order valence-corrected chi connectivity index (χ4v) is 1.58. The number of nitrogens with two attached hydrogens (primary N) is 1. The maximum atomic E-state index is 11.4. The molecule has 0 atom stereocenters. The Morgan fingerprint density at radius 3 is 2.33 bits per heavy atom. The zero-order chi connectivity index (χ0) is 13.4. The molecule has 1 aromatic rings. The second-order valence-electron chi connectivity index (χ2n) is 3.73. The first-order valence-corrected chi connectivity index (χ1v) is 6.02. The normalized spacial score (nSPS) is 9.89. The van der Waals surface area contributed by atoms with Crippen molar-refractivity contribution in [3.63, 3.8) is 0 Å². The molecule has 0 aliphatic carbocycles. The average molecular weight is 270 g/mol. The number of carbonyl (C=O) groups is 2. The number of rotatable bonds is 5. The molecule has 0 aliphatic rings. The van der Waals surface area contributed by atoms with Crippen LogP contribution < -0.4 is 16.6 Å². The Morgan fingerprint density at radius 2 is 1.72 bits per heavy atom. The lowest BCUT2D eigenvalue weighted by Gasteiger charge is -2.07. The largest absolute Gasteiger partial charge is 0.330 e. The summed E-state index contributed by atoms with van der Waals surface area (Å²) in [6.45, 7) is 0.251. The molecule has 0 heterocycles. The van der Waals surface area contributed by atoms with Gasteiger partial charge in [0.05, 0.1) is 0 Å². The highest BCUT2D eigenvalue weighted by atomic mass is 35.5. The van der Waals surface area contributed by atoms with E-state index in [1.165, 1.54) is 0 Å². The van der Waals surface area contributed by atoms with Crippen molar-refractivity contribution in [2.75, 3.05) is 6.54 Å². The molecule has 4 N–H and O–H groups in total. The van der Waals surface area contributed by atoms with Gasteiger partial charge in [-0.1, -0.05) is 29.8 Å². The SMILES string of the molecule is NCCC(=O)NNC(=O)CCc1ccccc1Cl. The monoisotopic (exact) mass is 269 g/mol. The summed E-state index contributed by atoms with van der Waals surface area (Å²) < 4.78 is 0. The molecule has 0 radical (unpaired) electrons. The van der Waals surface area contributed by atoms with Gasteiger partial charge in [0.25, 0.3) is 0 Å². The number of amides is 2. The summed E-state index contributed by atoms with van der Waals surface area (Å²) in [6, 6.07) is 7.33. The van der Waals surface area contributed by atoms with Crippen LogP contribution in [0.3, 0.4) is 0 Å². The van der Waals surface area contributed by atoms with Crippen LogP contribution in [0.2, 0.25) is 5.02 Å². The first-order valence-electron chi connectivity index (χ1n) is 5.64. The first-order chi connectivity index (χ1) is 8.63. The fourth-order valence-electron chi connectivity index (χ4n) is 1.34. The molecule has 6 heteroatoms. The Bertz CT molecular complexity index is 424. The molecule has 5 nitrogen and oxygen atoms in total. The fraction of sp³-hybridized carbons (Fsp3) is 0.333. The Morgan fingerprint density at radius 1 is 1.11 bits per heavy atom. The molecule has 2 amide bonds. The van der Waals surface area contributed by atoms with E-state index in [1.807, 2.05) is 18.2 Å². The van der Waals surface area contributed by atoms with Crippen LogP contribution in [0.25, 0.3) is 0 Å². The minimum absolute atomic E-state index is 0.185. The smallest absolute Gasteiger partial charge is 0.239 e. The van der Waals surface area contributed by atoms with E-state index in [-0.39, 0.29) is 31.2 Å². The van der Waals surface area contributed by atoms with E-state index in [0.717, 1.165) is 5.56 Å². The Kier molecular flexibility index (Phi) is 6.18. The van der Waals surface area contributed by atoms with Crippen LogP contribution in [0, 0.1) is 0 Å². The molecule has 1 aromatic carbocycles. The number of halogens is 1. The van der Waals surface area contributed by atoms with Crippen molar-refractivity contribution in [1.29, 1.82) is 0 Å².